The van der Waals surface area contributed by atoms with Crippen molar-refractivity contribution in [2.24, 2.45) is 0 Å². The number of hydrogen-bond acceptors (Lipinski definition) is 1. The van der Waals surface area contributed by atoms with E-state index in [2.05, 4.69) is 65.4 Å². The van der Waals surface area contributed by atoms with Crippen LogP contribution in [-0.4, -0.2) is 13.7 Å². The molecule has 0 aliphatic heterocycles. The van der Waals surface area contributed by atoms with Gasteiger partial charge in [-0.1, -0.05) is 76.2 Å². The summed E-state index contributed by atoms with van der Waals surface area (Å²) in [6.45, 7) is 10.8. The summed E-state index contributed by atoms with van der Waals surface area (Å²) in [4.78, 5) is 0. The van der Waals surface area contributed by atoms with Gasteiger partial charge in [0.1, 0.15) is 0 Å². The van der Waals surface area contributed by atoms with E-state index < -0.39 is 0 Å². The molecule has 3 aromatic carbocycles. The molecule has 1 heteroatoms. The van der Waals surface area contributed by atoms with E-state index in [0.29, 0.717) is 0 Å². The summed E-state index contributed by atoms with van der Waals surface area (Å²) in [5.41, 5.74) is 0. The maximum Gasteiger partial charge on any atom is 0.0433 e. The minimum absolute atomic E-state index is 0.819. The summed E-state index contributed by atoms with van der Waals surface area (Å²) in [7, 11) is 1.68. The molecular weight excluding hydrogens is 268 g/mol. The average molecular weight is 298 g/mol. The molecule has 1 nitrogen and oxygen atoms in total. The summed E-state index contributed by atoms with van der Waals surface area (Å²) in [6.07, 6.45) is 0. The van der Waals surface area contributed by atoms with E-state index in [9.17, 15) is 0 Å². The van der Waals surface area contributed by atoms with Crippen molar-refractivity contribution < 1.29 is 4.74 Å². The zero-order chi connectivity index (χ0) is 16.8. The molecule has 3 aromatic rings. The molecule has 3 rings (SSSR count). The number of fused-ring (bicyclic) bond motifs is 2. The van der Waals surface area contributed by atoms with E-state index >= 15 is 0 Å². The molecule has 0 aliphatic carbocycles. The molecule has 0 aliphatic rings. The summed E-state index contributed by atoms with van der Waals surface area (Å²) >= 11 is 0. The molecule has 0 spiro atoms. The Bertz CT molecular complexity index is 522. The second kappa shape index (κ2) is 12.8. The minimum atomic E-state index is 0.819. The van der Waals surface area contributed by atoms with Crippen LogP contribution in [0.5, 0.6) is 0 Å². The fourth-order valence-electron chi connectivity index (χ4n) is 1.88. The van der Waals surface area contributed by atoms with Crippen LogP contribution < -0.4 is 0 Å². The highest BCUT2D eigenvalue weighted by atomic mass is 16.5. The van der Waals surface area contributed by atoms with Crippen molar-refractivity contribution in [3.8, 4) is 0 Å². The summed E-state index contributed by atoms with van der Waals surface area (Å²) in [5.74, 6) is 0. The summed E-state index contributed by atoms with van der Waals surface area (Å²) in [5, 5.41) is 5.25. The Kier molecular flexibility index (Phi) is 11.8. The minimum Gasteiger partial charge on any atom is -0.385 e. The molecular formula is C21H30O. The van der Waals surface area contributed by atoms with Crippen LogP contribution in [0, 0.1) is 0 Å². The summed E-state index contributed by atoms with van der Waals surface area (Å²) < 4.78 is 4.54. The average Bonchev–Trinajstić information content (AvgIpc) is 2.63. The van der Waals surface area contributed by atoms with Crippen LogP contribution >= 0.6 is 0 Å². The Hall–Kier alpha value is -1.86. The predicted octanol–water partition coefficient (Wildman–Crippen LogP) is 6.70. The van der Waals surface area contributed by atoms with E-state index in [-0.39, 0.29) is 0 Å². The number of hydrogen-bond donors (Lipinski definition) is 0. The number of methoxy groups -OCH3 is 1. The molecule has 0 heterocycles. The van der Waals surface area contributed by atoms with E-state index in [4.69, 9.17) is 0 Å². The van der Waals surface area contributed by atoms with Gasteiger partial charge in [0.2, 0.25) is 0 Å². The molecule has 0 saturated carbocycles. The monoisotopic (exact) mass is 298 g/mol. The third-order valence-electron chi connectivity index (χ3n) is 2.90. The largest absolute Gasteiger partial charge is 0.385 e. The lowest BCUT2D eigenvalue weighted by molar-refractivity contribution is 0.215. The topological polar surface area (TPSA) is 9.23 Å². The normalized spacial score (nSPS) is 8.82. The second-order valence-electron chi connectivity index (χ2n) is 4.12. The highest BCUT2D eigenvalue weighted by molar-refractivity contribution is 5.98. The molecule has 0 atom stereocenters. The van der Waals surface area contributed by atoms with Crippen LogP contribution in [0.15, 0.2) is 60.7 Å². The second-order valence-corrected chi connectivity index (χ2v) is 4.12. The van der Waals surface area contributed by atoms with Crippen LogP contribution in [0.2, 0.25) is 0 Å². The van der Waals surface area contributed by atoms with Crippen molar-refractivity contribution in [2.45, 2.75) is 34.6 Å². The van der Waals surface area contributed by atoms with Crippen LogP contribution in [0.4, 0.5) is 0 Å². The number of benzene rings is 3. The molecule has 0 unspecified atom stereocenters. The first-order valence-electron chi connectivity index (χ1n) is 8.21. The Morgan fingerprint density at radius 1 is 0.636 bits per heavy atom. The Morgan fingerprint density at radius 2 is 0.864 bits per heavy atom. The third kappa shape index (κ3) is 6.28. The SMILES string of the molecule is CC.CC.CCOC.c1ccc2cc3ccccc3cc2c1. The fraction of sp³-hybridized carbons (Fsp3) is 0.333. The van der Waals surface area contributed by atoms with Gasteiger partial charge in [0.15, 0.2) is 0 Å². The maximum atomic E-state index is 4.54. The number of ether oxygens (including phenoxy) is 1. The molecule has 22 heavy (non-hydrogen) atoms. The molecule has 0 N–H and O–H groups in total. The zero-order valence-corrected chi connectivity index (χ0v) is 14.9. The molecule has 0 fully saturated rings. The highest BCUT2D eigenvalue weighted by Crippen LogP contribution is 2.21. The first-order valence-corrected chi connectivity index (χ1v) is 8.21. The van der Waals surface area contributed by atoms with Crippen molar-refractivity contribution in [1.82, 2.24) is 0 Å². The standard InChI is InChI=1S/C14H10.C3H8O.2C2H6/c1-2-6-12-10-14-8-4-3-7-13(14)9-11(12)5-1;1-3-4-2;2*1-2/h1-10H;3H2,1-2H3;2*1-2H3. The van der Waals surface area contributed by atoms with Gasteiger partial charge >= 0.3 is 0 Å². The van der Waals surface area contributed by atoms with Crippen LogP contribution in [-0.2, 0) is 4.74 Å². The first-order chi connectivity index (χ1) is 10.8. The van der Waals surface area contributed by atoms with E-state index in [1.807, 2.05) is 34.6 Å². The summed E-state index contributed by atoms with van der Waals surface area (Å²) in [6, 6.07) is 21.4. The third-order valence-corrected chi connectivity index (χ3v) is 2.90. The van der Waals surface area contributed by atoms with Gasteiger partial charge in [0, 0.05) is 13.7 Å². The van der Waals surface area contributed by atoms with Crippen molar-refractivity contribution >= 4 is 21.5 Å². The molecule has 0 bridgehead atoms. The predicted molar refractivity (Wildman–Crippen MR) is 102 cm³/mol. The zero-order valence-electron chi connectivity index (χ0n) is 14.9. The lowest BCUT2D eigenvalue weighted by atomic mass is 10.0. The van der Waals surface area contributed by atoms with Crippen molar-refractivity contribution in [3.05, 3.63) is 60.7 Å². The van der Waals surface area contributed by atoms with Crippen LogP contribution in [0.25, 0.3) is 21.5 Å². The van der Waals surface area contributed by atoms with Gasteiger partial charge in [-0.25, -0.2) is 0 Å². The maximum absolute atomic E-state index is 4.54. The first kappa shape index (κ1) is 20.1. The molecule has 0 saturated heterocycles. The van der Waals surface area contributed by atoms with Gasteiger partial charge in [0.05, 0.1) is 0 Å². The van der Waals surface area contributed by atoms with Gasteiger partial charge < -0.3 is 4.74 Å². The molecule has 120 valence electrons. The highest BCUT2D eigenvalue weighted by Gasteiger charge is 1.95. The van der Waals surface area contributed by atoms with E-state index in [1.165, 1.54) is 21.5 Å². The lowest BCUT2D eigenvalue weighted by Crippen LogP contribution is -1.74. The molecule has 0 radical (unpaired) electrons. The lowest BCUT2D eigenvalue weighted by Gasteiger charge is -2.00. The Labute approximate surface area is 135 Å². The van der Waals surface area contributed by atoms with E-state index in [1.54, 1.807) is 7.11 Å². The van der Waals surface area contributed by atoms with Gasteiger partial charge in [0.25, 0.3) is 0 Å². The van der Waals surface area contributed by atoms with Crippen LogP contribution in [0.3, 0.4) is 0 Å². The van der Waals surface area contributed by atoms with Gasteiger partial charge in [-0.05, 0) is 40.6 Å². The fourth-order valence-corrected chi connectivity index (χ4v) is 1.88. The Balaban J connectivity index is 0.000000476. The molecule has 0 amide bonds. The van der Waals surface area contributed by atoms with Crippen molar-refractivity contribution in [2.75, 3.05) is 13.7 Å². The van der Waals surface area contributed by atoms with Gasteiger partial charge in [-0.15, -0.1) is 0 Å². The van der Waals surface area contributed by atoms with E-state index in [0.717, 1.165) is 6.61 Å². The van der Waals surface area contributed by atoms with Crippen LogP contribution in [0.1, 0.15) is 34.6 Å². The number of rotatable bonds is 1. The van der Waals surface area contributed by atoms with Gasteiger partial charge in [-0.3, -0.25) is 0 Å². The smallest absolute Gasteiger partial charge is 0.0433 e. The quantitative estimate of drug-likeness (QED) is 0.454. The van der Waals surface area contributed by atoms with Crippen molar-refractivity contribution in [3.63, 3.8) is 0 Å². The molecule has 0 aromatic heterocycles. The van der Waals surface area contributed by atoms with Gasteiger partial charge in [-0.2, -0.15) is 0 Å². The van der Waals surface area contributed by atoms with Crippen molar-refractivity contribution in [1.29, 1.82) is 0 Å². The Morgan fingerprint density at radius 3 is 1.05 bits per heavy atom.